The van der Waals surface area contributed by atoms with Crippen LogP contribution in [0.25, 0.3) is 0 Å². The van der Waals surface area contributed by atoms with Crippen LogP contribution in [0.5, 0.6) is 0 Å². The number of hydrogen-bond donors (Lipinski definition) is 2. The van der Waals surface area contributed by atoms with Crippen LogP contribution in [-0.4, -0.2) is 57.9 Å². The van der Waals surface area contributed by atoms with Crippen molar-refractivity contribution in [2.45, 2.75) is 101 Å². The van der Waals surface area contributed by atoms with Gasteiger partial charge in [0, 0.05) is 24.7 Å². The molecule has 0 bridgehead atoms. The van der Waals surface area contributed by atoms with Crippen molar-refractivity contribution in [3.05, 3.63) is 12.2 Å². The van der Waals surface area contributed by atoms with Crippen molar-refractivity contribution in [2.75, 3.05) is 6.61 Å². The summed E-state index contributed by atoms with van der Waals surface area (Å²) in [5.74, 6) is -0.383. The molecule has 0 aromatic rings. The van der Waals surface area contributed by atoms with Gasteiger partial charge in [0.2, 0.25) is 0 Å². The van der Waals surface area contributed by atoms with Gasteiger partial charge in [0.1, 0.15) is 17.8 Å². The van der Waals surface area contributed by atoms with Crippen LogP contribution in [0.4, 0.5) is 0 Å². The molecule has 0 unspecified atom stereocenters. The van der Waals surface area contributed by atoms with E-state index < -0.39 is 28.3 Å². The highest BCUT2D eigenvalue weighted by molar-refractivity contribution is 5.66. The SMILES string of the molecule is C=C1CC[C@H]2O[C@]2(COC(C)=O)C[C@@H]2O[C@@]23[C@H](C(C)(C)O)CC[C@@]3(C)[C@@H](O)C1. The van der Waals surface area contributed by atoms with Gasteiger partial charge in [0.05, 0.1) is 23.9 Å². The molecule has 2 N–H and O–H groups in total. The van der Waals surface area contributed by atoms with E-state index in [1.165, 1.54) is 6.92 Å². The minimum Gasteiger partial charge on any atom is -0.463 e. The Morgan fingerprint density at radius 1 is 1.32 bits per heavy atom. The number of carbonyl (C=O) groups excluding carboxylic acids is 1. The molecular formula is C22H34O6. The molecule has 2 heterocycles. The van der Waals surface area contributed by atoms with Crippen LogP contribution in [0.3, 0.4) is 0 Å². The van der Waals surface area contributed by atoms with Gasteiger partial charge in [-0.05, 0) is 46.0 Å². The maximum Gasteiger partial charge on any atom is 0.302 e. The predicted molar refractivity (Wildman–Crippen MR) is 103 cm³/mol. The first-order valence-electron chi connectivity index (χ1n) is 10.5. The third-order valence-electron chi connectivity index (χ3n) is 7.91. The van der Waals surface area contributed by atoms with Gasteiger partial charge < -0.3 is 24.4 Å². The van der Waals surface area contributed by atoms with Crippen molar-refractivity contribution in [1.29, 1.82) is 0 Å². The van der Waals surface area contributed by atoms with Crippen LogP contribution in [0.2, 0.25) is 0 Å². The van der Waals surface area contributed by atoms with Gasteiger partial charge in [-0.25, -0.2) is 0 Å². The highest BCUT2D eigenvalue weighted by Gasteiger charge is 2.79. The molecule has 0 amide bonds. The van der Waals surface area contributed by atoms with Gasteiger partial charge in [-0.3, -0.25) is 4.79 Å². The second-order valence-corrected chi connectivity index (χ2v) is 10.2. The minimum atomic E-state index is -0.906. The largest absolute Gasteiger partial charge is 0.463 e. The number of hydrogen-bond acceptors (Lipinski definition) is 6. The highest BCUT2D eigenvalue weighted by Crippen LogP contribution is 2.69. The fourth-order valence-corrected chi connectivity index (χ4v) is 6.17. The summed E-state index contributed by atoms with van der Waals surface area (Å²) < 4.78 is 17.8. The Kier molecular flexibility index (Phi) is 4.55. The first-order chi connectivity index (χ1) is 12.9. The Morgan fingerprint density at radius 2 is 2.04 bits per heavy atom. The quantitative estimate of drug-likeness (QED) is 0.434. The first kappa shape index (κ1) is 20.3. The summed E-state index contributed by atoms with van der Waals surface area (Å²) in [5.41, 5.74) is -1.47. The van der Waals surface area contributed by atoms with Crippen molar-refractivity contribution in [2.24, 2.45) is 11.3 Å². The molecule has 2 saturated heterocycles. The number of carbonyl (C=O) groups is 1. The molecule has 4 aliphatic rings. The molecule has 2 aliphatic carbocycles. The highest BCUT2D eigenvalue weighted by atomic mass is 16.7. The standard InChI is InChI=1S/C22H34O6/c1-13-6-7-17-21(27-17,12-26-14(2)23)11-18-22(28-18)15(19(3,4)25)8-9-20(22,5)16(24)10-13/h15-18,24-25H,1,6-12H2,2-5H3/t15-,16-,17+,18-,20-,21-,22-/m0/s1. The van der Waals surface area contributed by atoms with Crippen LogP contribution in [0.15, 0.2) is 12.2 Å². The smallest absolute Gasteiger partial charge is 0.302 e. The number of ether oxygens (including phenoxy) is 3. The van der Waals surface area contributed by atoms with Gasteiger partial charge in [-0.1, -0.05) is 19.1 Å². The molecular weight excluding hydrogens is 360 g/mol. The van der Waals surface area contributed by atoms with E-state index in [1.807, 2.05) is 13.8 Å². The lowest BCUT2D eigenvalue weighted by atomic mass is 9.66. The van der Waals surface area contributed by atoms with E-state index >= 15 is 0 Å². The van der Waals surface area contributed by atoms with Crippen LogP contribution >= 0.6 is 0 Å². The van der Waals surface area contributed by atoms with Crippen LogP contribution in [0, 0.1) is 11.3 Å². The summed E-state index contributed by atoms with van der Waals surface area (Å²) >= 11 is 0. The Morgan fingerprint density at radius 3 is 2.68 bits per heavy atom. The van der Waals surface area contributed by atoms with Gasteiger partial charge in [0.25, 0.3) is 0 Å². The lowest BCUT2D eigenvalue weighted by Crippen LogP contribution is -2.51. The van der Waals surface area contributed by atoms with E-state index in [-0.39, 0.29) is 30.7 Å². The summed E-state index contributed by atoms with van der Waals surface area (Å²) in [4.78, 5) is 11.4. The molecule has 4 fully saturated rings. The zero-order chi connectivity index (χ0) is 20.5. The monoisotopic (exact) mass is 394 g/mol. The zero-order valence-corrected chi connectivity index (χ0v) is 17.5. The van der Waals surface area contributed by atoms with Crippen LogP contribution in [-0.2, 0) is 19.0 Å². The second-order valence-electron chi connectivity index (χ2n) is 10.2. The first-order valence-corrected chi connectivity index (χ1v) is 10.5. The summed E-state index contributed by atoms with van der Waals surface area (Å²) in [6.07, 6.45) is 3.67. The number of aliphatic hydroxyl groups is 2. The summed E-state index contributed by atoms with van der Waals surface area (Å²) in [6.45, 7) is 11.6. The summed E-state index contributed by atoms with van der Waals surface area (Å²) in [5, 5.41) is 22.1. The number of epoxide rings is 2. The third-order valence-corrected chi connectivity index (χ3v) is 7.91. The van der Waals surface area contributed by atoms with Crippen molar-refractivity contribution >= 4 is 5.97 Å². The van der Waals surface area contributed by atoms with Gasteiger partial charge >= 0.3 is 5.97 Å². The molecule has 2 saturated carbocycles. The average Bonchev–Trinajstić information content (AvgIpc) is 3.43. The van der Waals surface area contributed by atoms with Gasteiger partial charge in [0.15, 0.2) is 0 Å². The van der Waals surface area contributed by atoms with E-state index in [9.17, 15) is 15.0 Å². The number of fused-ring (bicyclic) bond motifs is 1. The number of rotatable bonds is 3. The number of aliphatic hydroxyl groups excluding tert-OH is 1. The van der Waals surface area contributed by atoms with E-state index in [0.717, 1.165) is 31.3 Å². The Labute approximate surface area is 167 Å². The fourth-order valence-electron chi connectivity index (χ4n) is 6.17. The Bertz CT molecular complexity index is 683. The second kappa shape index (κ2) is 6.27. The van der Waals surface area contributed by atoms with Crippen LogP contribution < -0.4 is 0 Å². The van der Waals surface area contributed by atoms with Crippen molar-refractivity contribution < 1.29 is 29.2 Å². The third kappa shape index (κ3) is 2.95. The van der Waals surface area contributed by atoms with Gasteiger partial charge in [-0.2, -0.15) is 0 Å². The topological polar surface area (TPSA) is 91.8 Å². The molecule has 28 heavy (non-hydrogen) atoms. The molecule has 0 aromatic heterocycles. The average molecular weight is 395 g/mol. The molecule has 4 rings (SSSR count). The Balaban J connectivity index is 1.68. The van der Waals surface area contributed by atoms with Crippen molar-refractivity contribution in [3.8, 4) is 0 Å². The normalized spacial score (nSPS) is 48.0. The van der Waals surface area contributed by atoms with Crippen molar-refractivity contribution in [1.82, 2.24) is 0 Å². The molecule has 2 aliphatic heterocycles. The molecule has 7 atom stereocenters. The van der Waals surface area contributed by atoms with Crippen LogP contribution in [0.1, 0.15) is 66.2 Å². The van der Waals surface area contributed by atoms with Crippen molar-refractivity contribution in [3.63, 3.8) is 0 Å². The molecule has 0 radical (unpaired) electrons. The number of esters is 1. The maximum atomic E-state index is 11.4. The van der Waals surface area contributed by atoms with Gasteiger partial charge in [-0.15, -0.1) is 0 Å². The summed E-state index contributed by atoms with van der Waals surface area (Å²) in [6, 6.07) is 0. The maximum absolute atomic E-state index is 11.4. The van der Waals surface area contributed by atoms with E-state index in [2.05, 4.69) is 13.5 Å². The van der Waals surface area contributed by atoms with E-state index in [4.69, 9.17) is 14.2 Å². The molecule has 158 valence electrons. The Hall–Kier alpha value is -0.950. The summed E-state index contributed by atoms with van der Waals surface area (Å²) in [7, 11) is 0. The molecule has 0 aromatic carbocycles. The molecule has 1 spiro atoms. The van der Waals surface area contributed by atoms with E-state index in [0.29, 0.717) is 12.8 Å². The predicted octanol–water partition coefficient (Wildman–Crippen LogP) is 2.50. The van der Waals surface area contributed by atoms with E-state index in [1.54, 1.807) is 0 Å². The lowest BCUT2D eigenvalue weighted by molar-refractivity contribution is -0.142. The molecule has 6 nitrogen and oxygen atoms in total. The fraction of sp³-hybridized carbons (Fsp3) is 0.864. The zero-order valence-electron chi connectivity index (χ0n) is 17.5. The lowest BCUT2D eigenvalue weighted by Gasteiger charge is -2.40. The minimum absolute atomic E-state index is 0.00772. The molecule has 6 heteroatoms.